The molecule has 0 aliphatic carbocycles. The van der Waals surface area contributed by atoms with Crippen molar-refractivity contribution in [1.29, 1.82) is 0 Å². The Morgan fingerprint density at radius 3 is 2.60 bits per heavy atom. The Balaban J connectivity index is 2.63. The number of para-hydroxylation sites is 1. The average Bonchev–Trinajstić information content (AvgIpc) is 2.30. The first-order chi connectivity index (χ1) is 9.29. The van der Waals surface area contributed by atoms with E-state index in [2.05, 4.69) is 44.3 Å². The number of aliphatic hydroxyl groups is 1. The Morgan fingerprint density at radius 2 is 2.00 bits per heavy atom. The van der Waals surface area contributed by atoms with Gasteiger partial charge < -0.3 is 15.2 Å². The van der Waals surface area contributed by atoms with Crippen LogP contribution < -0.4 is 10.1 Å². The van der Waals surface area contributed by atoms with Gasteiger partial charge in [-0.25, -0.2) is 0 Å². The maximum absolute atomic E-state index is 9.74. The third-order valence-corrected chi connectivity index (χ3v) is 3.12. The predicted molar refractivity (Wildman–Crippen MR) is 84.1 cm³/mol. The van der Waals surface area contributed by atoms with E-state index in [-0.39, 0.29) is 0 Å². The van der Waals surface area contributed by atoms with E-state index in [1.165, 1.54) is 5.56 Å². The summed E-state index contributed by atoms with van der Waals surface area (Å²) in [6.45, 7) is 12.4. The zero-order valence-electron chi connectivity index (χ0n) is 13.5. The molecule has 114 valence electrons. The number of nitrogens with one attached hydrogen (secondary N) is 1. The van der Waals surface area contributed by atoms with Gasteiger partial charge >= 0.3 is 0 Å². The first kappa shape index (κ1) is 17.0. The van der Waals surface area contributed by atoms with Gasteiger partial charge in [0.25, 0.3) is 0 Å². The lowest BCUT2D eigenvalue weighted by atomic mass is 10.1. The Morgan fingerprint density at radius 1 is 1.30 bits per heavy atom. The number of hydrogen-bond donors (Lipinski definition) is 2. The molecule has 0 amide bonds. The lowest BCUT2D eigenvalue weighted by molar-refractivity contribution is 0.0551. The van der Waals surface area contributed by atoms with E-state index < -0.39 is 5.60 Å². The van der Waals surface area contributed by atoms with E-state index in [1.807, 2.05) is 0 Å². The second-order valence-corrected chi connectivity index (χ2v) is 6.50. The van der Waals surface area contributed by atoms with Crippen LogP contribution in [0.15, 0.2) is 18.2 Å². The maximum Gasteiger partial charge on any atom is 0.126 e. The molecule has 2 N–H and O–H groups in total. The van der Waals surface area contributed by atoms with Crippen LogP contribution in [0.4, 0.5) is 0 Å². The highest BCUT2D eigenvalue weighted by atomic mass is 16.5. The van der Waals surface area contributed by atoms with Crippen molar-refractivity contribution in [3.63, 3.8) is 0 Å². The van der Waals surface area contributed by atoms with Crippen LogP contribution in [-0.2, 0) is 6.54 Å². The summed E-state index contributed by atoms with van der Waals surface area (Å²) < 4.78 is 5.90. The van der Waals surface area contributed by atoms with Crippen LogP contribution in [0.2, 0.25) is 0 Å². The number of aryl methyl sites for hydroxylation is 1. The summed E-state index contributed by atoms with van der Waals surface area (Å²) >= 11 is 0. The molecule has 0 aromatic heterocycles. The van der Waals surface area contributed by atoms with Gasteiger partial charge in [-0.05, 0) is 38.8 Å². The molecule has 3 nitrogen and oxygen atoms in total. The van der Waals surface area contributed by atoms with E-state index in [1.54, 1.807) is 13.8 Å². The van der Waals surface area contributed by atoms with Crippen LogP contribution in [0.3, 0.4) is 0 Å². The van der Waals surface area contributed by atoms with Crippen molar-refractivity contribution in [2.24, 2.45) is 5.92 Å². The zero-order chi connectivity index (χ0) is 15.2. The lowest BCUT2D eigenvalue weighted by Gasteiger charge is -2.19. The smallest absolute Gasteiger partial charge is 0.126 e. The first-order valence-electron chi connectivity index (χ1n) is 7.44. The highest BCUT2D eigenvalue weighted by Gasteiger charge is 2.13. The standard InChI is InChI=1S/C17H29NO2/c1-13(2)11-18-12-15-8-6-7-14(3)16(15)20-10-9-17(4,5)19/h6-8,13,18-19H,9-12H2,1-5H3. The van der Waals surface area contributed by atoms with Gasteiger partial charge in [-0.1, -0.05) is 32.0 Å². The summed E-state index contributed by atoms with van der Waals surface area (Å²) in [5.74, 6) is 1.59. The molecule has 0 unspecified atom stereocenters. The van der Waals surface area contributed by atoms with E-state index in [0.717, 1.165) is 24.4 Å². The van der Waals surface area contributed by atoms with Crippen LogP contribution >= 0.6 is 0 Å². The summed E-state index contributed by atoms with van der Waals surface area (Å²) in [5.41, 5.74) is 1.64. The summed E-state index contributed by atoms with van der Waals surface area (Å²) in [6.07, 6.45) is 0.625. The molecule has 20 heavy (non-hydrogen) atoms. The van der Waals surface area contributed by atoms with Crippen molar-refractivity contribution in [3.8, 4) is 5.75 Å². The second-order valence-electron chi connectivity index (χ2n) is 6.50. The summed E-state index contributed by atoms with van der Waals surface area (Å²) in [6, 6.07) is 6.22. The topological polar surface area (TPSA) is 41.5 Å². The molecule has 0 heterocycles. The summed E-state index contributed by atoms with van der Waals surface area (Å²) in [4.78, 5) is 0. The van der Waals surface area contributed by atoms with E-state index in [9.17, 15) is 5.11 Å². The van der Waals surface area contributed by atoms with Gasteiger partial charge in [0.2, 0.25) is 0 Å². The molecule has 0 aliphatic heterocycles. The minimum atomic E-state index is -0.682. The number of hydrogen-bond acceptors (Lipinski definition) is 3. The van der Waals surface area contributed by atoms with Gasteiger partial charge in [0, 0.05) is 18.5 Å². The lowest BCUT2D eigenvalue weighted by Crippen LogP contribution is -2.23. The molecule has 0 radical (unpaired) electrons. The monoisotopic (exact) mass is 279 g/mol. The van der Waals surface area contributed by atoms with Crippen LogP contribution in [0.25, 0.3) is 0 Å². The maximum atomic E-state index is 9.74. The predicted octanol–water partition coefficient (Wildman–Crippen LogP) is 3.28. The van der Waals surface area contributed by atoms with Crippen molar-refractivity contribution < 1.29 is 9.84 Å². The SMILES string of the molecule is Cc1cccc(CNCC(C)C)c1OCCC(C)(C)O. The fraction of sp³-hybridized carbons (Fsp3) is 0.647. The largest absolute Gasteiger partial charge is 0.493 e. The van der Waals surface area contributed by atoms with Gasteiger partial charge in [0.15, 0.2) is 0 Å². The van der Waals surface area contributed by atoms with Crippen LogP contribution in [0, 0.1) is 12.8 Å². The van der Waals surface area contributed by atoms with Crippen LogP contribution in [-0.4, -0.2) is 23.9 Å². The fourth-order valence-electron chi connectivity index (χ4n) is 1.96. The molecule has 0 atom stereocenters. The van der Waals surface area contributed by atoms with Crippen molar-refractivity contribution in [2.45, 2.75) is 53.2 Å². The number of benzene rings is 1. The van der Waals surface area contributed by atoms with Crippen LogP contribution in [0.5, 0.6) is 5.75 Å². The van der Waals surface area contributed by atoms with E-state index in [0.29, 0.717) is 18.9 Å². The van der Waals surface area contributed by atoms with Gasteiger partial charge in [-0.15, -0.1) is 0 Å². The van der Waals surface area contributed by atoms with Crippen molar-refractivity contribution in [1.82, 2.24) is 5.32 Å². The second kappa shape index (κ2) is 7.65. The molecule has 0 bridgehead atoms. The Labute approximate surface area is 123 Å². The average molecular weight is 279 g/mol. The van der Waals surface area contributed by atoms with Gasteiger partial charge in [0.1, 0.15) is 5.75 Å². The molecule has 1 rings (SSSR count). The Kier molecular flexibility index (Phi) is 6.50. The molecule has 0 aliphatic rings. The number of rotatable bonds is 8. The molecule has 0 saturated carbocycles. The van der Waals surface area contributed by atoms with E-state index in [4.69, 9.17) is 4.74 Å². The van der Waals surface area contributed by atoms with Crippen molar-refractivity contribution >= 4 is 0 Å². The number of ether oxygens (including phenoxy) is 1. The van der Waals surface area contributed by atoms with Crippen LogP contribution in [0.1, 0.15) is 45.2 Å². The minimum absolute atomic E-state index is 0.533. The molecule has 0 fully saturated rings. The molecule has 1 aromatic rings. The molecule has 3 heteroatoms. The summed E-state index contributed by atoms with van der Waals surface area (Å²) in [5, 5.41) is 13.2. The Bertz CT molecular complexity index is 408. The van der Waals surface area contributed by atoms with E-state index >= 15 is 0 Å². The highest BCUT2D eigenvalue weighted by Crippen LogP contribution is 2.24. The minimum Gasteiger partial charge on any atom is -0.493 e. The van der Waals surface area contributed by atoms with Gasteiger partial charge in [-0.3, -0.25) is 0 Å². The van der Waals surface area contributed by atoms with Gasteiger partial charge in [0.05, 0.1) is 12.2 Å². The molecule has 0 spiro atoms. The molecule has 0 saturated heterocycles. The highest BCUT2D eigenvalue weighted by molar-refractivity contribution is 5.40. The zero-order valence-corrected chi connectivity index (χ0v) is 13.5. The quantitative estimate of drug-likeness (QED) is 0.767. The first-order valence-corrected chi connectivity index (χ1v) is 7.44. The third kappa shape index (κ3) is 6.40. The van der Waals surface area contributed by atoms with Crippen molar-refractivity contribution in [2.75, 3.05) is 13.2 Å². The molecular weight excluding hydrogens is 250 g/mol. The molecular formula is C17H29NO2. The third-order valence-electron chi connectivity index (χ3n) is 3.12. The normalized spacial score (nSPS) is 11.9. The summed E-state index contributed by atoms with van der Waals surface area (Å²) in [7, 11) is 0. The van der Waals surface area contributed by atoms with Crippen molar-refractivity contribution in [3.05, 3.63) is 29.3 Å². The van der Waals surface area contributed by atoms with Gasteiger partial charge in [-0.2, -0.15) is 0 Å². The molecule has 1 aromatic carbocycles. The fourth-order valence-corrected chi connectivity index (χ4v) is 1.96. The Hall–Kier alpha value is -1.06.